The average Bonchev–Trinajstić information content (AvgIpc) is 3.26. The lowest BCUT2D eigenvalue weighted by Crippen LogP contribution is -2.28. The number of nitrogens with one attached hydrogen (secondary N) is 1. The van der Waals surface area contributed by atoms with E-state index in [1.807, 2.05) is 49.4 Å². The number of rotatable bonds is 7. The molecule has 1 amide bonds. The molecule has 0 unspecified atom stereocenters. The van der Waals surface area contributed by atoms with E-state index in [0.717, 1.165) is 22.4 Å². The molecule has 0 bridgehead atoms. The zero-order valence-corrected chi connectivity index (χ0v) is 16.7. The number of hydrogen-bond donors (Lipinski definition) is 1. The van der Waals surface area contributed by atoms with Crippen LogP contribution in [0.3, 0.4) is 0 Å². The van der Waals surface area contributed by atoms with Crippen LogP contribution in [0, 0.1) is 6.92 Å². The molecule has 1 N–H and O–H groups in total. The number of amides is 1. The van der Waals surface area contributed by atoms with Crippen LogP contribution in [-0.2, 0) is 11.3 Å². The van der Waals surface area contributed by atoms with Crippen molar-refractivity contribution in [3.05, 3.63) is 72.2 Å². The van der Waals surface area contributed by atoms with Crippen molar-refractivity contribution >= 4 is 11.7 Å². The monoisotopic (exact) mass is 403 g/mol. The first-order chi connectivity index (χ1) is 14.6. The number of hydrogen-bond acceptors (Lipinski definition) is 6. The molecule has 8 heteroatoms. The molecule has 0 radical (unpaired) electrons. The highest BCUT2D eigenvalue weighted by atomic mass is 16.5. The van der Waals surface area contributed by atoms with Gasteiger partial charge in [0.1, 0.15) is 6.33 Å². The summed E-state index contributed by atoms with van der Waals surface area (Å²) in [6.07, 6.45) is 3.18. The molecule has 2 aromatic heterocycles. The third-order valence-corrected chi connectivity index (χ3v) is 4.60. The molecule has 4 aromatic rings. The van der Waals surface area contributed by atoms with E-state index in [1.165, 1.54) is 6.33 Å². The second-order valence-corrected chi connectivity index (χ2v) is 6.72. The van der Waals surface area contributed by atoms with Crippen LogP contribution in [0.15, 0.2) is 61.1 Å². The van der Waals surface area contributed by atoms with E-state index in [0.29, 0.717) is 23.8 Å². The third-order valence-electron chi connectivity index (χ3n) is 4.60. The summed E-state index contributed by atoms with van der Waals surface area (Å²) in [4.78, 5) is 20.4. The number of methoxy groups -OCH3 is 1. The van der Waals surface area contributed by atoms with Crippen molar-refractivity contribution in [2.45, 2.75) is 13.5 Å². The summed E-state index contributed by atoms with van der Waals surface area (Å²) in [6.45, 7) is 2.29. The van der Waals surface area contributed by atoms with Gasteiger partial charge in [0.2, 0.25) is 0 Å². The van der Waals surface area contributed by atoms with Crippen molar-refractivity contribution in [2.24, 2.45) is 0 Å². The van der Waals surface area contributed by atoms with Crippen molar-refractivity contribution in [3.8, 4) is 22.8 Å². The van der Waals surface area contributed by atoms with E-state index in [2.05, 4.69) is 20.4 Å². The Morgan fingerprint density at radius 2 is 1.90 bits per heavy atom. The lowest BCUT2D eigenvalue weighted by atomic mass is 10.1. The maximum atomic E-state index is 12.2. The summed E-state index contributed by atoms with van der Waals surface area (Å²) in [5, 5.41) is 7.06. The molecule has 2 heterocycles. The summed E-state index contributed by atoms with van der Waals surface area (Å²) in [5.74, 6) is 1.49. The molecule has 0 saturated heterocycles. The average molecular weight is 403 g/mol. The van der Waals surface area contributed by atoms with Crippen LogP contribution in [0.5, 0.6) is 11.5 Å². The quantitative estimate of drug-likeness (QED) is 0.510. The molecule has 152 valence electrons. The normalized spacial score (nSPS) is 10.7. The van der Waals surface area contributed by atoms with Crippen LogP contribution >= 0.6 is 0 Å². The van der Waals surface area contributed by atoms with E-state index in [-0.39, 0.29) is 12.5 Å². The summed E-state index contributed by atoms with van der Waals surface area (Å²) in [7, 11) is 1.57. The maximum absolute atomic E-state index is 12.2. The molecular weight excluding hydrogens is 382 g/mol. The first-order valence-corrected chi connectivity index (χ1v) is 9.42. The minimum absolute atomic E-state index is 0.0845. The Bertz CT molecular complexity index is 1170. The molecule has 0 saturated carbocycles. The van der Waals surface area contributed by atoms with Gasteiger partial charge in [-0.25, -0.2) is 4.98 Å². The predicted molar refractivity (Wildman–Crippen MR) is 111 cm³/mol. The fourth-order valence-corrected chi connectivity index (χ4v) is 3.04. The molecule has 0 atom stereocenters. The Morgan fingerprint density at radius 3 is 2.70 bits per heavy atom. The number of carbonyl (C=O) groups is 1. The number of benzene rings is 2. The predicted octanol–water partition coefficient (Wildman–Crippen LogP) is 2.80. The highest BCUT2D eigenvalue weighted by molar-refractivity contribution is 5.77. The Balaban J connectivity index is 1.34. The van der Waals surface area contributed by atoms with Crippen molar-refractivity contribution in [3.63, 3.8) is 0 Å². The topological polar surface area (TPSA) is 90.6 Å². The number of aryl methyl sites for hydroxylation is 1. The van der Waals surface area contributed by atoms with Crippen molar-refractivity contribution < 1.29 is 14.3 Å². The molecule has 0 aliphatic heterocycles. The molecule has 4 rings (SSSR count). The van der Waals surface area contributed by atoms with Gasteiger partial charge in [-0.2, -0.15) is 14.6 Å². The number of ether oxygens (including phenoxy) is 2. The smallest absolute Gasteiger partial charge is 0.258 e. The van der Waals surface area contributed by atoms with Crippen LogP contribution in [0.2, 0.25) is 0 Å². The molecule has 0 fully saturated rings. The lowest BCUT2D eigenvalue weighted by molar-refractivity contribution is -0.123. The number of aromatic nitrogens is 4. The highest BCUT2D eigenvalue weighted by Gasteiger charge is 2.09. The van der Waals surface area contributed by atoms with Crippen LogP contribution < -0.4 is 14.8 Å². The van der Waals surface area contributed by atoms with Gasteiger partial charge in [-0.3, -0.25) is 4.79 Å². The van der Waals surface area contributed by atoms with Gasteiger partial charge in [0.25, 0.3) is 11.7 Å². The summed E-state index contributed by atoms with van der Waals surface area (Å²) in [5.41, 5.74) is 3.92. The maximum Gasteiger partial charge on any atom is 0.258 e. The number of nitrogens with zero attached hydrogens (tertiary/aromatic N) is 4. The minimum atomic E-state index is -0.208. The van der Waals surface area contributed by atoms with Crippen molar-refractivity contribution in [1.82, 2.24) is 24.9 Å². The van der Waals surface area contributed by atoms with E-state index < -0.39 is 0 Å². The number of carbonyl (C=O) groups excluding carboxylic acids is 1. The first-order valence-electron chi connectivity index (χ1n) is 9.42. The van der Waals surface area contributed by atoms with Gasteiger partial charge in [0.15, 0.2) is 18.1 Å². The Morgan fingerprint density at radius 1 is 1.07 bits per heavy atom. The Kier molecular flexibility index (Phi) is 5.56. The minimum Gasteiger partial charge on any atom is -0.493 e. The molecule has 0 spiro atoms. The van der Waals surface area contributed by atoms with Crippen LogP contribution in [-0.4, -0.2) is 39.2 Å². The van der Waals surface area contributed by atoms with Crippen LogP contribution in [0.4, 0.5) is 0 Å². The van der Waals surface area contributed by atoms with Crippen molar-refractivity contribution in [2.75, 3.05) is 13.7 Å². The van der Waals surface area contributed by atoms with Crippen LogP contribution in [0.25, 0.3) is 17.0 Å². The van der Waals surface area contributed by atoms with E-state index in [9.17, 15) is 4.79 Å². The largest absolute Gasteiger partial charge is 0.493 e. The second-order valence-electron chi connectivity index (χ2n) is 6.72. The third kappa shape index (κ3) is 4.22. The van der Waals surface area contributed by atoms with Gasteiger partial charge in [-0.15, -0.1) is 0 Å². The molecule has 30 heavy (non-hydrogen) atoms. The first kappa shape index (κ1) is 19.4. The number of fused-ring (bicyclic) bond motifs is 1. The van der Waals surface area contributed by atoms with Crippen molar-refractivity contribution in [1.29, 1.82) is 0 Å². The van der Waals surface area contributed by atoms with Crippen LogP contribution in [0.1, 0.15) is 11.1 Å². The Labute approximate surface area is 173 Å². The second kappa shape index (κ2) is 8.60. The standard InChI is InChI=1S/C22H21N5O3/c1-15-3-8-19(20(11-15)29-2)30-13-21(28)24-12-16-4-6-17(7-5-16)18-9-10-23-22-25-14-26-27(18)22/h3-11,14H,12-13H2,1-2H3,(H,24,28). The lowest BCUT2D eigenvalue weighted by Gasteiger charge is -2.11. The summed E-state index contributed by atoms with van der Waals surface area (Å²) < 4.78 is 12.6. The summed E-state index contributed by atoms with van der Waals surface area (Å²) >= 11 is 0. The molecule has 0 aliphatic rings. The molecule has 8 nitrogen and oxygen atoms in total. The molecule has 0 aliphatic carbocycles. The Hall–Kier alpha value is -3.94. The van der Waals surface area contributed by atoms with E-state index in [4.69, 9.17) is 9.47 Å². The summed E-state index contributed by atoms with van der Waals surface area (Å²) in [6, 6.07) is 15.3. The van der Waals surface area contributed by atoms with Gasteiger partial charge < -0.3 is 14.8 Å². The molecule has 2 aromatic carbocycles. The van der Waals surface area contributed by atoms with Gasteiger partial charge in [0, 0.05) is 18.3 Å². The van der Waals surface area contributed by atoms with Gasteiger partial charge in [-0.05, 0) is 36.2 Å². The van der Waals surface area contributed by atoms with E-state index in [1.54, 1.807) is 23.9 Å². The van der Waals surface area contributed by atoms with Gasteiger partial charge >= 0.3 is 0 Å². The fourth-order valence-electron chi connectivity index (χ4n) is 3.04. The van der Waals surface area contributed by atoms with Gasteiger partial charge in [-0.1, -0.05) is 30.3 Å². The zero-order valence-electron chi connectivity index (χ0n) is 16.7. The van der Waals surface area contributed by atoms with Gasteiger partial charge in [0.05, 0.1) is 12.8 Å². The zero-order chi connectivity index (χ0) is 20.9. The SMILES string of the molecule is COc1cc(C)ccc1OCC(=O)NCc1ccc(-c2ccnc3ncnn23)cc1. The van der Waals surface area contributed by atoms with E-state index >= 15 is 0 Å². The fraction of sp³-hybridized carbons (Fsp3) is 0.182. The molecular formula is C22H21N5O3. The highest BCUT2D eigenvalue weighted by Crippen LogP contribution is 2.27.